The molecule has 0 saturated heterocycles. The fourth-order valence-electron chi connectivity index (χ4n) is 1.56. The third-order valence-electron chi connectivity index (χ3n) is 2.60. The highest BCUT2D eigenvalue weighted by atomic mass is 79.9. The van der Waals surface area contributed by atoms with Gasteiger partial charge in [0, 0.05) is 6.54 Å². The normalized spacial score (nSPS) is 10.1. The Balaban J connectivity index is 2.56. The SMILES string of the molecule is CCOC(=O)CN(CC)C(=O)COc1ccc(F)cc1Br. The molecule has 0 heterocycles. The minimum absolute atomic E-state index is 0.114. The number of hydrogen-bond donors (Lipinski definition) is 0. The summed E-state index contributed by atoms with van der Waals surface area (Å²) in [4.78, 5) is 24.7. The van der Waals surface area contributed by atoms with Crippen molar-refractivity contribution in [2.75, 3.05) is 26.3 Å². The minimum atomic E-state index is -0.462. The summed E-state index contributed by atoms with van der Waals surface area (Å²) in [6.07, 6.45) is 0. The fourth-order valence-corrected chi connectivity index (χ4v) is 2.03. The third kappa shape index (κ3) is 5.71. The van der Waals surface area contributed by atoms with Crippen molar-refractivity contribution in [3.05, 3.63) is 28.5 Å². The summed E-state index contributed by atoms with van der Waals surface area (Å²) in [5.74, 6) is -0.854. The van der Waals surface area contributed by atoms with E-state index in [2.05, 4.69) is 15.9 Å². The van der Waals surface area contributed by atoms with Gasteiger partial charge in [0.15, 0.2) is 6.61 Å². The number of rotatable bonds is 7. The van der Waals surface area contributed by atoms with E-state index >= 15 is 0 Å². The van der Waals surface area contributed by atoms with Gasteiger partial charge in [-0.25, -0.2) is 4.39 Å². The van der Waals surface area contributed by atoms with E-state index in [1.807, 2.05) is 0 Å². The second-order valence-electron chi connectivity index (χ2n) is 4.08. The molecule has 21 heavy (non-hydrogen) atoms. The van der Waals surface area contributed by atoms with E-state index in [9.17, 15) is 14.0 Å². The number of ether oxygens (including phenoxy) is 2. The van der Waals surface area contributed by atoms with Crippen molar-refractivity contribution in [1.29, 1.82) is 0 Å². The molecule has 0 bridgehead atoms. The zero-order chi connectivity index (χ0) is 15.8. The van der Waals surface area contributed by atoms with E-state index in [4.69, 9.17) is 9.47 Å². The van der Waals surface area contributed by atoms with Gasteiger partial charge in [-0.2, -0.15) is 0 Å². The molecule has 5 nitrogen and oxygen atoms in total. The van der Waals surface area contributed by atoms with Crippen LogP contribution >= 0.6 is 15.9 Å². The van der Waals surface area contributed by atoms with Crippen LogP contribution in [-0.4, -0.2) is 43.1 Å². The molecule has 1 rings (SSSR count). The average molecular weight is 362 g/mol. The lowest BCUT2D eigenvalue weighted by Crippen LogP contribution is -2.39. The Kier molecular flexibility index (Phi) is 7.14. The third-order valence-corrected chi connectivity index (χ3v) is 3.22. The smallest absolute Gasteiger partial charge is 0.325 e. The van der Waals surface area contributed by atoms with Crippen LogP contribution in [0.5, 0.6) is 5.75 Å². The Labute approximate surface area is 131 Å². The Morgan fingerprint density at radius 2 is 2.05 bits per heavy atom. The molecular formula is C14H17BrFNO4. The van der Waals surface area contributed by atoms with Crippen LogP contribution in [0.25, 0.3) is 0 Å². The van der Waals surface area contributed by atoms with Gasteiger partial charge in [0.2, 0.25) is 0 Å². The molecule has 0 aliphatic rings. The molecule has 1 aromatic carbocycles. The molecule has 0 aliphatic carbocycles. The zero-order valence-corrected chi connectivity index (χ0v) is 13.5. The monoisotopic (exact) mass is 361 g/mol. The number of halogens is 2. The van der Waals surface area contributed by atoms with Crippen LogP contribution in [0.4, 0.5) is 4.39 Å². The highest BCUT2D eigenvalue weighted by Gasteiger charge is 2.17. The molecule has 0 atom stereocenters. The fraction of sp³-hybridized carbons (Fsp3) is 0.429. The highest BCUT2D eigenvalue weighted by molar-refractivity contribution is 9.10. The van der Waals surface area contributed by atoms with Gasteiger partial charge in [0.05, 0.1) is 11.1 Å². The van der Waals surface area contributed by atoms with Crippen LogP contribution in [0.1, 0.15) is 13.8 Å². The van der Waals surface area contributed by atoms with Crippen LogP contribution in [0.2, 0.25) is 0 Å². The number of nitrogens with zero attached hydrogens (tertiary/aromatic N) is 1. The van der Waals surface area contributed by atoms with E-state index < -0.39 is 11.8 Å². The quantitative estimate of drug-likeness (QED) is 0.699. The van der Waals surface area contributed by atoms with Crippen LogP contribution in [-0.2, 0) is 14.3 Å². The number of carbonyl (C=O) groups excluding carboxylic acids is 2. The molecule has 0 aliphatic heterocycles. The van der Waals surface area contributed by atoms with Crippen LogP contribution in [0.3, 0.4) is 0 Å². The lowest BCUT2D eigenvalue weighted by atomic mass is 10.3. The predicted molar refractivity (Wildman–Crippen MR) is 78.5 cm³/mol. The average Bonchev–Trinajstić information content (AvgIpc) is 2.43. The maximum Gasteiger partial charge on any atom is 0.325 e. The van der Waals surface area contributed by atoms with Gasteiger partial charge < -0.3 is 14.4 Å². The summed E-state index contributed by atoms with van der Waals surface area (Å²) < 4.78 is 23.5. The van der Waals surface area contributed by atoms with Gasteiger partial charge in [-0.05, 0) is 48.0 Å². The number of likely N-dealkylation sites (N-methyl/N-ethyl adjacent to an activating group) is 1. The van der Waals surface area contributed by atoms with Crippen molar-refractivity contribution >= 4 is 27.8 Å². The van der Waals surface area contributed by atoms with Crippen LogP contribution < -0.4 is 4.74 Å². The first-order chi connectivity index (χ1) is 9.97. The topological polar surface area (TPSA) is 55.8 Å². The van der Waals surface area contributed by atoms with Crippen molar-refractivity contribution in [3.8, 4) is 5.75 Å². The van der Waals surface area contributed by atoms with E-state index in [-0.39, 0.29) is 25.7 Å². The summed E-state index contributed by atoms with van der Waals surface area (Å²) >= 11 is 3.15. The van der Waals surface area contributed by atoms with Crippen LogP contribution in [0, 0.1) is 5.82 Å². The molecule has 116 valence electrons. The lowest BCUT2D eigenvalue weighted by Gasteiger charge is -2.20. The molecule has 0 aromatic heterocycles. The summed E-state index contributed by atoms with van der Waals surface area (Å²) in [5.41, 5.74) is 0. The predicted octanol–water partition coefficient (Wildman–Crippen LogP) is 2.38. The van der Waals surface area contributed by atoms with E-state index in [1.165, 1.54) is 23.1 Å². The Bertz CT molecular complexity index is 510. The maximum atomic E-state index is 12.9. The maximum absolute atomic E-state index is 12.9. The van der Waals surface area contributed by atoms with Crippen molar-refractivity contribution in [1.82, 2.24) is 4.90 Å². The van der Waals surface area contributed by atoms with Crippen molar-refractivity contribution < 1.29 is 23.5 Å². The second-order valence-corrected chi connectivity index (χ2v) is 4.93. The van der Waals surface area contributed by atoms with E-state index in [0.29, 0.717) is 16.8 Å². The van der Waals surface area contributed by atoms with E-state index in [1.54, 1.807) is 13.8 Å². The number of hydrogen-bond acceptors (Lipinski definition) is 4. The molecule has 0 unspecified atom stereocenters. The summed E-state index contributed by atoms with van der Waals surface area (Å²) in [7, 11) is 0. The number of carbonyl (C=O) groups is 2. The Morgan fingerprint density at radius 3 is 2.62 bits per heavy atom. The van der Waals surface area contributed by atoms with Crippen molar-refractivity contribution in [3.63, 3.8) is 0 Å². The zero-order valence-electron chi connectivity index (χ0n) is 11.9. The number of benzene rings is 1. The molecule has 1 amide bonds. The molecule has 7 heteroatoms. The largest absolute Gasteiger partial charge is 0.483 e. The summed E-state index contributed by atoms with van der Waals surface area (Å²) in [6, 6.07) is 3.91. The summed E-state index contributed by atoms with van der Waals surface area (Å²) in [5, 5.41) is 0. The molecule has 0 radical (unpaired) electrons. The molecule has 0 spiro atoms. The lowest BCUT2D eigenvalue weighted by molar-refractivity contribution is -0.149. The van der Waals surface area contributed by atoms with Gasteiger partial charge in [-0.3, -0.25) is 9.59 Å². The highest BCUT2D eigenvalue weighted by Crippen LogP contribution is 2.25. The second kappa shape index (κ2) is 8.61. The van der Waals surface area contributed by atoms with Gasteiger partial charge in [0.25, 0.3) is 5.91 Å². The Morgan fingerprint density at radius 1 is 1.33 bits per heavy atom. The molecule has 0 N–H and O–H groups in total. The molecule has 0 saturated carbocycles. The van der Waals surface area contributed by atoms with E-state index in [0.717, 1.165) is 0 Å². The first kappa shape index (κ1) is 17.4. The first-order valence-electron chi connectivity index (χ1n) is 6.49. The van der Waals surface area contributed by atoms with Gasteiger partial charge in [-0.1, -0.05) is 0 Å². The number of esters is 1. The number of amides is 1. The van der Waals surface area contributed by atoms with Gasteiger partial charge in [-0.15, -0.1) is 0 Å². The van der Waals surface area contributed by atoms with Crippen molar-refractivity contribution in [2.45, 2.75) is 13.8 Å². The molecular weight excluding hydrogens is 345 g/mol. The minimum Gasteiger partial charge on any atom is -0.483 e. The molecule has 0 fully saturated rings. The van der Waals surface area contributed by atoms with Gasteiger partial charge >= 0.3 is 5.97 Å². The Hall–Kier alpha value is -1.63. The summed E-state index contributed by atoms with van der Waals surface area (Å²) in [6.45, 7) is 3.74. The standard InChI is InChI=1S/C14H17BrFNO4/c1-3-17(8-14(19)20-4-2)13(18)9-21-12-6-5-10(16)7-11(12)15/h5-7H,3-4,8-9H2,1-2H3. The first-order valence-corrected chi connectivity index (χ1v) is 7.28. The van der Waals surface area contributed by atoms with Crippen molar-refractivity contribution in [2.24, 2.45) is 0 Å². The van der Waals surface area contributed by atoms with Crippen LogP contribution in [0.15, 0.2) is 22.7 Å². The van der Waals surface area contributed by atoms with Gasteiger partial charge in [0.1, 0.15) is 18.1 Å². The molecule has 1 aromatic rings.